The minimum Gasteiger partial charge on any atom is -0.480 e. The Morgan fingerprint density at radius 1 is 1.50 bits per heavy atom. The molecule has 10 heavy (non-hydrogen) atoms. The molecule has 0 spiro atoms. The Morgan fingerprint density at radius 2 is 1.90 bits per heavy atom. The Hall–Kier alpha value is -1.01. The number of carbonyl (C=O) groups excluding carboxylic acids is 1. The lowest BCUT2D eigenvalue weighted by Gasteiger charge is -2.08. The maximum absolute atomic E-state index is 9.99. The van der Waals surface area contributed by atoms with Crippen LogP contribution in [-0.4, -0.2) is 28.7 Å². The predicted octanol–water partition coefficient (Wildman–Crippen LogP) is -1.25. The molecule has 0 heterocycles. The average molecular weight is 170 g/mol. The number of aliphatic carboxylic acids is 1. The number of hydrogen-bond donors (Lipinski definition) is 3. The molecule has 0 aliphatic carbocycles. The van der Waals surface area contributed by atoms with E-state index < -0.39 is 18.5 Å². The third-order valence-electron chi connectivity index (χ3n) is 0.589. The van der Waals surface area contributed by atoms with Gasteiger partial charge < -0.3 is 10.8 Å². The average Bonchev–Trinajstić information content (AvgIpc) is 1.63. The Morgan fingerprint density at radius 3 is 2.00 bits per heavy atom. The van der Waals surface area contributed by atoms with E-state index in [9.17, 15) is 9.59 Å². The highest BCUT2D eigenvalue weighted by Gasteiger charge is 2.06. The van der Waals surface area contributed by atoms with Gasteiger partial charge in [-0.1, -0.05) is 0 Å². The molecule has 0 aromatic carbocycles. The Labute approximate surface area is 63.1 Å². The zero-order chi connectivity index (χ0) is 7.44. The third kappa shape index (κ3) is 5.13. The summed E-state index contributed by atoms with van der Waals surface area (Å²) in [6, 6.07) is -0.961. The van der Waals surface area contributed by atoms with Gasteiger partial charge in [0.15, 0.2) is 0 Å². The van der Waals surface area contributed by atoms with Crippen molar-refractivity contribution in [1.82, 2.24) is 5.01 Å². The molecule has 6 nitrogen and oxygen atoms in total. The van der Waals surface area contributed by atoms with Gasteiger partial charge in [0.25, 0.3) is 0 Å². The molecule has 0 rings (SSSR count). The second-order valence-electron chi connectivity index (χ2n) is 1.36. The van der Waals surface area contributed by atoms with Crippen molar-refractivity contribution < 1.29 is 14.7 Å². The van der Waals surface area contributed by atoms with Gasteiger partial charge in [0.1, 0.15) is 6.54 Å². The van der Waals surface area contributed by atoms with Gasteiger partial charge in [-0.25, -0.2) is 10.6 Å². The molecule has 0 aliphatic rings. The van der Waals surface area contributed by atoms with Crippen LogP contribution in [0.5, 0.6) is 0 Å². The first-order valence-electron chi connectivity index (χ1n) is 2.07. The molecule has 7 heteroatoms. The molecule has 0 unspecified atom stereocenters. The van der Waals surface area contributed by atoms with Crippen LogP contribution in [0.4, 0.5) is 4.79 Å². The van der Waals surface area contributed by atoms with Gasteiger partial charge in [0.2, 0.25) is 0 Å². The highest BCUT2D eigenvalue weighted by molar-refractivity contribution is 5.85. The second kappa shape index (κ2) is 4.83. The van der Waals surface area contributed by atoms with Gasteiger partial charge in [-0.2, -0.15) is 0 Å². The molecular weight excluding hydrogens is 162 g/mol. The van der Waals surface area contributed by atoms with Crippen molar-refractivity contribution in [2.24, 2.45) is 11.6 Å². The van der Waals surface area contributed by atoms with E-state index in [-0.39, 0.29) is 12.4 Å². The minimum atomic E-state index is -1.20. The lowest BCUT2D eigenvalue weighted by Crippen LogP contribution is -2.44. The van der Waals surface area contributed by atoms with Crippen molar-refractivity contribution in [2.45, 2.75) is 0 Å². The van der Waals surface area contributed by atoms with E-state index in [1.807, 2.05) is 0 Å². The molecule has 0 bridgehead atoms. The minimum absolute atomic E-state index is 0. The summed E-state index contributed by atoms with van der Waals surface area (Å²) in [5.74, 6) is 3.60. The molecule has 0 aromatic rings. The number of carboxylic acid groups (broad SMARTS) is 1. The summed E-state index contributed by atoms with van der Waals surface area (Å²) >= 11 is 0. The largest absolute Gasteiger partial charge is 0.480 e. The van der Waals surface area contributed by atoms with Crippen LogP contribution in [0, 0.1) is 0 Å². The molecule has 0 aliphatic heterocycles. The number of primary amides is 1. The lowest BCUT2D eigenvalue weighted by atomic mass is 10.6. The van der Waals surface area contributed by atoms with Crippen LogP contribution in [0.15, 0.2) is 0 Å². The van der Waals surface area contributed by atoms with Crippen LogP contribution >= 0.6 is 12.4 Å². The Bertz CT molecular complexity index is 139. The molecule has 0 radical (unpaired) electrons. The predicted molar refractivity (Wildman–Crippen MR) is 35.4 cm³/mol. The van der Waals surface area contributed by atoms with E-state index in [0.29, 0.717) is 5.01 Å². The normalized spacial score (nSPS) is 7.70. The molecule has 5 N–H and O–H groups in total. The number of halogens is 1. The molecule has 0 saturated carbocycles. The molecular formula is C3H8ClN3O3. The number of carboxylic acids is 1. The van der Waals surface area contributed by atoms with E-state index >= 15 is 0 Å². The van der Waals surface area contributed by atoms with Gasteiger partial charge in [-0.05, 0) is 0 Å². The highest BCUT2D eigenvalue weighted by atomic mass is 35.5. The quantitative estimate of drug-likeness (QED) is 0.272. The van der Waals surface area contributed by atoms with Gasteiger partial charge in [-0.15, -0.1) is 12.4 Å². The Kier molecular flexibility index (Phi) is 5.67. The van der Waals surface area contributed by atoms with Crippen molar-refractivity contribution in [3.05, 3.63) is 0 Å². The summed E-state index contributed by atoms with van der Waals surface area (Å²) in [6.45, 7) is -0.574. The van der Waals surface area contributed by atoms with Crippen LogP contribution in [-0.2, 0) is 4.79 Å². The van der Waals surface area contributed by atoms with Gasteiger partial charge >= 0.3 is 12.0 Å². The first kappa shape index (κ1) is 11.7. The highest BCUT2D eigenvalue weighted by Crippen LogP contribution is 1.74. The van der Waals surface area contributed by atoms with Crippen LogP contribution < -0.4 is 11.6 Å². The van der Waals surface area contributed by atoms with Crippen LogP contribution in [0.2, 0.25) is 0 Å². The number of urea groups is 1. The van der Waals surface area contributed by atoms with E-state index in [1.165, 1.54) is 0 Å². The first-order valence-corrected chi connectivity index (χ1v) is 2.07. The number of nitrogens with zero attached hydrogens (tertiary/aromatic N) is 1. The molecule has 2 amide bonds. The number of rotatable bonds is 2. The van der Waals surface area contributed by atoms with Gasteiger partial charge in [0.05, 0.1) is 0 Å². The summed E-state index contributed by atoms with van der Waals surface area (Å²) in [6.07, 6.45) is 0. The first-order chi connectivity index (χ1) is 4.04. The maximum Gasteiger partial charge on any atom is 0.329 e. The van der Waals surface area contributed by atoms with Crippen molar-refractivity contribution in [2.75, 3.05) is 6.54 Å². The van der Waals surface area contributed by atoms with Crippen LogP contribution in [0.1, 0.15) is 0 Å². The zero-order valence-corrected chi connectivity index (χ0v) is 5.80. The van der Waals surface area contributed by atoms with Crippen LogP contribution in [0.3, 0.4) is 0 Å². The number of carbonyl (C=O) groups is 2. The Balaban J connectivity index is 0. The van der Waals surface area contributed by atoms with Crippen molar-refractivity contribution in [1.29, 1.82) is 0 Å². The molecule has 60 valence electrons. The second-order valence-corrected chi connectivity index (χ2v) is 1.36. The van der Waals surface area contributed by atoms with Crippen molar-refractivity contribution in [3.8, 4) is 0 Å². The number of hydrazine groups is 1. The fourth-order valence-electron chi connectivity index (χ4n) is 0.224. The summed E-state index contributed by atoms with van der Waals surface area (Å²) in [4.78, 5) is 19.8. The van der Waals surface area contributed by atoms with E-state index in [4.69, 9.17) is 10.9 Å². The SMILES string of the molecule is Cl.NC(=O)N(N)CC(=O)O. The lowest BCUT2D eigenvalue weighted by molar-refractivity contribution is -0.137. The fourth-order valence-corrected chi connectivity index (χ4v) is 0.224. The van der Waals surface area contributed by atoms with E-state index in [0.717, 1.165) is 0 Å². The number of hydrogen-bond acceptors (Lipinski definition) is 3. The molecule has 0 aromatic heterocycles. The number of nitrogens with two attached hydrogens (primary N) is 2. The van der Waals surface area contributed by atoms with Crippen molar-refractivity contribution >= 4 is 24.4 Å². The van der Waals surface area contributed by atoms with Crippen molar-refractivity contribution in [3.63, 3.8) is 0 Å². The molecule has 0 saturated heterocycles. The smallest absolute Gasteiger partial charge is 0.329 e. The summed E-state index contributed by atoms with van der Waals surface area (Å²) < 4.78 is 0. The van der Waals surface area contributed by atoms with E-state index in [1.54, 1.807) is 0 Å². The summed E-state index contributed by atoms with van der Waals surface area (Å²) in [7, 11) is 0. The molecule has 0 atom stereocenters. The standard InChI is InChI=1S/C3H7N3O3.ClH/c4-3(9)6(5)1-2(7)8;/h1,5H2,(H2,4,9)(H,7,8);1H. The third-order valence-corrected chi connectivity index (χ3v) is 0.589. The van der Waals surface area contributed by atoms with E-state index in [2.05, 4.69) is 5.73 Å². The monoisotopic (exact) mass is 169 g/mol. The maximum atomic E-state index is 9.99. The number of amides is 2. The summed E-state index contributed by atoms with van der Waals surface area (Å²) in [5.41, 5.74) is 4.58. The fraction of sp³-hybridized carbons (Fsp3) is 0.333. The van der Waals surface area contributed by atoms with Gasteiger partial charge in [0, 0.05) is 0 Å². The topological polar surface area (TPSA) is 110 Å². The van der Waals surface area contributed by atoms with Gasteiger partial charge in [-0.3, -0.25) is 9.80 Å². The summed E-state index contributed by atoms with van der Waals surface area (Å²) in [5, 5.41) is 8.41. The zero-order valence-electron chi connectivity index (χ0n) is 4.98. The molecule has 0 fully saturated rings. The van der Waals surface area contributed by atoms with Crippen LogP contribution in [0.25, 0.3) is 0 Å².